The van der Waals surface area contributed by atoms with E-state index in [2.05, 4.69) is 5.32 Å². The summed E-state index contributed by atoms with van der Waals surface area (Å²) in [5.74, 6) is -0.855. The third-order valence-corrected chi connectivity index (χ3v) is 2.14. The minimum absolute atomic E-state index is 0.574. The molecule has 0 aliphatic heterocycles. The molecule has 0 unspecified atom stereocenters. The van der Waals surface area contributed by atoms with Gasteiger partial charge < -0.3 is 15.3 Å². The van der Waals surface area contributed by atoms with Crippen LogP contribution in [0.2, 0.25) is 0 Å². The number of nitrogens with one attached hydrogen (secondary N) is 1. The van der Waals surface area contributed by atoms with E-state index < -0.39 is 12.0 Å². The number of hydrogen-bond donors (Lipinski definition) is 2. The van der Waals surface area contributed by atoms with Crippen molar-refractivity contribution < 1.29 is 9.90 Å². The van der Waals surface area contributed by atoms with Crippen molar-refractivity contribution in [2.45, 2.75) is 13.0 Å². The summed E-state index contributed by atoms with van der Waals surface area (Å²) in [6, 6.07) is 7.05. The summed E-state index contributed by atoms with van der Waals surface area (Å²) in [7, 11) is 3.92. The van der Waals surface area contributed by atoms with Crippen LogP contribution in [0.25, 0.3) is 0 Å². The fourth-order valence-electron chi connectivity index (χ4n) is 1.17. The fourth-order valence-corrected chi connectivity index (χ4v) is 1.17. The van der Waals surface area contributed by atoms with Gasteiger partial charge >= 0.3 is 5.97 Å². The molecule has 2 N–H and O–H groups in total. The van der Waals surface area contributed by atoms with Gasteiger partial charge in [-0.3, -0.25) is 4.79 Å². The predicted molar refractivity (Wildman–Crippen MR) is 61.5 cm³/mol. The molecule has 0 aromatic heterocycles. The fraction of sp³-hybridized carbons (Fsp3) is 0.364. The molecule has 0 saturated carbocycles. The number of rotatable bonds is 4. The molecule has 1 atom stereocenters. The molecule has 0 amide bonds. The summed E-state index contributed by atoms with van der Waals surface area (Å²) in [4.78, 5) is 12.6. The Bertz CT molecular complexity index is 333. The lowest BCUT2D eigenvalue weighted by Crippen LogP contribution is -2.25. The topological polar surface area (TPSA) is 52.6 Å². The van der Waals surface area contributed by atoms with E-state index in [4.69, 9.17) is 5.11 Å². The maximum absolute atomic E-state index is 10.6. The average molecular weight is 208 g/mol. The Kier molecular flexibility index (Phi) is 3.55. The van der Waals surface area contributed by atoms with Crippen LogP contribution in [0.1, 0.15) is 6.92 Å². The van der Waals surface area contributed by atoms with Crippen LogP contribution in [0.5, 0.6) is 0 Å². The van der Waals surface area contributed by atoms with Gasteiger partial charge in [-0.15, -0.1) is 0 Å². The second kappa shape index (κ2) is 4.68. The van der Waals surface area contributed by atoms with Gasteiger partial charge in [-0.05, 0) is 31.2 Å². The van der Waals surface area contributed by atoms with Crippen LogP contribution in [-0.4, -0.2) is 31.2 Å². The van der Waals surface area contributed by atoms with Gasteiger partial charge in [0.05, 0.1) is 0 Å². The van der Waals surface area contributed by atoms with Gasteiger partial charge in [-0.2, -0.15) is 0 Å². The van der Waals surface area contributed by atoms with Crippen molar-refractivity contribution in [3.63, 3.8) is 0 Å². The zero-order chi connectivity index (χ0) is 11.4. The second-order valence-electron chi connectivity index (χ2n) is 3.65. The van der Waals surface area contributed by atoms with Gasteiger partial charge in [0, 0.05) is 25.5 Å². The highest BCUT2D eigenvalue weighted by Gasteiger charge is 2.09. The maximum atomic E-state index is 10.6. The zero-order valence-corrected chi connectivity index (χ0v) is 9.19. The molecule has 0 aliphatic carbocycles. The Hall–Kier alpha value is -1.71. The summed E-state index contributed by atoms with van der Waals surface area (Å²) in [5.41, 5.74) is 1.90. The first-order chi connectivity index (χ1) is 7.00. The Morgan fingerprint density at radius 3 is 2.27 bits per heavy atom. The first-order valence-corrected chi connectivity index (χ1v) is 4.77. The van der Waals surface area contributed by atoms with E-state index in [1.807, 2.05) is 43.3 Å². The van der Waals surface area contributed by atoms with Crippen LogP contribution in [-0.2, 0) is 4.79 Å². The van der Waals surface area contributed by atoms with Gasteiger partial charge in [-0.25, -0.2) is 0 Å². The van der Waals surface area contributed by atoms with Crippen LogP contribution in [0, 0.1) is 0 Å². The summed E-state index contributed by atoms with van der Waals surface area (Å²) in [6.45, 7) is 1.61. The van der Waals surface area contributed by atoms with E-state index >= 15 is 0 Å². The second-order valence-corrected chi connectivity index (χ2v) is 3.65. The van der Waals surface area contributed by atoms with E-state index in [9.17, 15) is 4.79 Å². The molecule has 4 nitrogen and oxygen atoms in total. The number of hydrogen-bond acceptors (Lipinski definition) is 3. The number of carbonyl (C=O) groups is 1. The van der Waals surface area contributed by atoms with Gasteiger partial charge in [0.2, 0.25) is 0 Å². The van der Waals surface area contributed by atoms with Crippen LogP contribution >= 0.6 is 0 Å². The molecule has 0 heterocycles. The Morgan fingerprint density at radius 2 is 1.87 bits per heavy atom. The van der Waals surface area contributed by atoms with E-state index in [1.165, 1.54) is 0 Å². The number of anilines is 2. The van der Waals surface area contributed by atoms with Gasteiger partial charge in [-0.1, -0.05) is 0 Å². The smallest absolute Gasteiger partial charge is 0.325 e. The SMILES string of the molecule is C[C@H](Nc1ccc(N(C)C)cc1)C(=O)O. The molecular formula is C11H16N2O2. The molecule has 0 bridgehead atoms. The summed E-state index contributed by atoms with van der Waals surface area (Å²) < 4.78 is 0. The summed E-state index contributed by atoms with van der Waals surface area (Å²) >= 11 is 0. The Morgan fingerprint density at radius 1 is 1.33 bits per heavy atom. The number of carboxylic acids is 1. The van der Waals surface area contributed by atoms with Crippen LogP contribution in [0.15, 0.2) is 24.3 Å². The molecular weight excluding hydrogens is 192 g/mol. The van der Waals surface area contributed by atoms with Crippen molar-refractivity contribution in [2.24, 2.45) is 0 Å². The molecule has 4 heteroatoms. The van der Waals surface area contributed by atoms with Crippen molar-refractivity contribution in [2.75, 3.05) is 24.3 Å². The highest BCUT2D eigenvalue weighted by Crippen LogP contribution is 2.16. The van der Waals surface area contributed by atoms with Gasteiger partial charge in [0.1, 0.15) is 6.04 Å². The summed E-state index contributed by atoms with van der Waals surface area (Å²) in [5, 5.41) is 11.6. The molecule has 15 heavy (non-hydrogen) atoms. The lowest BCUT2D eigenvalue weighted by molar-refractivity contribution is -0.137. The van der Waals surface area contributed by atoms with E-state index in [-0.39, 0.29) is 0 Å². The molecule has 82 valence electrons. The molecule has 0 radical (unpaired) electrons. The average Bonchev–Trinajstić information content (AvgIpc) is 2.18. The molecule has 1 aromatic rings. The predicted octanol–water partition coefficient (Wildman–Crippen LogP) is 1.64. The van der Waals surface area contributed by atoms with Crippen molar-refractivity contribution >= 4 is 17.3 Å². The molecule has 0 fully saturated rings. The van der Waals surface area contributed by atoms with Gasteiger partial charge in [0.15, 0.2) is 0 Å². The summed E-state index contributed by atoms with van der Waals surface area (Å²) in [6.07, 6.45) is 0. The quantitative estimate of drug-likeness (QED) is 0.789. The number of aliphatic carboxylic acids is 1. The van der Waals surface area contributed by atoms with Gasteiger partial charge in [0.25, 0.3) is 0 Å². The molecule has 0 saturated heterocycles. The normalized spacial score (nSPS) is 11.9. The van der Waals surface area contributed by atoms with Crippen molar-refractivity contribution in [1.29, 1.82) is 0 Å². The third kappa shape index (κ3) is 3.16. The minimum atomic E-state index is -0.855. The molecule has 1 rings (SSSR count). The number of benzene rings is 1. The molecule has 0 aliphatic rings. The van der Waals surface area contributed by atoms with Crippen molar-refractivity contribution in [3.05, 3.63) is 24.3 Å². The Labute approximate surface area is 89.5 Å². The van der Waals surface area contributed by atoms with Crippen molar-refractivity contribution in [1.82, 2.24) is 0 Å². The molecule has 1 aromatic carbocycles. The largest absolute Gasteiger partial charge is 0.480 e. The maximum Gasteiger partial charge on any atom is 0.325 e. The first-order valence-electron chi connectivity index (χ1n) is 4.77. The third-order valence-electron chi connectivity index (χ3n) is 2.14. The number of nitrogens with zero attached hydrogens (tertiary/aromatic N) is 1. The van der Waals surface area contributed by atoms with Crippen LogP contribution < -0.4 is 10.2 Å². The zero-order valence-electron chi connectivity index (χ0n) is 9.19. The first kappa shape index (κ1) is 11.4. The lowest BCUT2D eigenvalue weighted by atomic mass is 10.2. The lowest BCUT2D eigenvalue weighted by Gasteiger charge is -2.14. The van der Waals surface area contributed by atoms with Crippen LogP contribution in [0.3, 0.4) is 0 Å². The van der Waals surface area contributed by atoms with Crippen LogP contribution in [0.4, 0.5) is 11.4 Å². The standard InChI is InChI=1S/C11H16N2O2/c1-8(11(14)15)12-9-4-6-10(7-5-9)13(2)3/h4-8,12H,1-3H3,(H,14,15)/t8-/m0/s1. The minimum Gasteiger partial charge on any atom is -0.480 e. The van der Waals surface area contributed by atoms with E-state index in [0.29, 0.717) is 0 Å². The highest BCUT2D eigenvalue weighted by atomic mass is 16.4. The molecule has 0 spiro atoms. The van der Waals surface area contributed by atoms with E-state index in [0.717, 1.165) is 11.4 Å². The Balaban J connectivity index is 2.68. The van der Waals surface area contributed by atoms with E-state index in [1.54, 1.807) is 6.92 Å². The highest BCUT2D eigenvalue weighted by molar-refractivity contribution is 5.76. The van der Waals surface area contributed by atoms with Crippen molar-refractivity contribution in [3.8, 4) is 0 Å². The monoisotopic (exact) mass is 208 g/mol. The number of carboxylic acid groups (broad SMARTS) is 1.